The monoisotopic (exact) mass is 572 g/mol. The summed E-state index contributed by atoms with van der Waals surface area (Å²) in [5, 5.41) is 29.6. The van der Waals surface area contributed by atoms with Crippen molar-refractivity contribution in [2.24, 2.45) is 0 Å². The number of carbonyl (C=O) groups excluding carboxylic acids is 1. The second-order valence-corrected chi connectivity index (χ2v) is 10.5. The highest BCUT2D eigenvalue weighted by molar-refractivity contribution is 6.30. The van der Waals surface area contributed by atoms with Crippen LogP contribution in [0.15, 0.2) is 90.2 Å². The third-order valence-corrected chi connectivity index (χ3v) is 7.62. The van der Waals surface area contributed by atoms with Gasteiger partial charge in [0.05, 0.1) is 31.5 Å². The average molecular weight is 573 g/mol. The highest BCUT2D eigenvalue weighted by Gasteiger charge is 2.39. The summed E-state index contributed by atoms with van der Waals surface area (Å²) in [5.74, 6) is 0.176. The van der Waals surface area contributed by atoms with E-state index in [-0.39, 0.29) is 11.3 Å². The Balaban J connectivity index is 1.62. The van der Waals surface area contributed by atoms with Crippen molar-refractivity contribution in [3.8, 4) is 11.5 Å². The molecule has 0 saturated heterocycles. The number of anilines is 2. The number of methoxy groups -OCH3 is 2. The van der Waals surface area contributed by atoms with Crippen LogP contribution in [0.25, 0.3) is 10.8 Å². The molecule has 0 spiro atoms. The van der Waals surface area contributed by atoms with Crippen LogP contribution in [-0.4, -0.2) is 42.9 Å². The molecule has 212 valence electrons. The number of rotatable bonds is 9. The van der Waals surface area contributed by atoms with Gasteiger partial charge in [0.15, 0.2) is 11.5 Å². The largest absolute Gasteiger partial charge is 0.509 e. The molecule has 8 heteroatoms. The molecule has 0 bridgehead atoms. The van der Waals surface area contributed by atoms with Gasteiger partial charge in [-0.05, 0) is 59.5 Å². The van der Waals surface area contributed by atoms with Crippen LogP contribution in [0.3, 0.4) is 0 Å². The molecule has 7 nitrogen and oxygen atoms in total. The second-order valence-electron chi connectivity index (χ2n) is 10.0. The number of benzene rings is 4. The fourth-order valence-electron chi connectivity index (χ4n) is 5.30. The molecule has 4 aromatic carbocycles. The van der Waals surface area contributed by atoms with Gasteiger partial charge in [0, 0.05) is 28.9 Å². The number of hydrogen-bond donors (Lipinski definition) is 3. The molecule has 2 atom stereocenters. The molecule has 2 unspecified atom stereocenters. The SMILES string of the molecule is CCCN1C(=O)C(=C(O)C(Cc2ccc(Cl)cc2)Nc2ccc3ccccc3c2)C(O)c2cc(OC)c(OC)cc21. The van der Waals surface area contributed by atoms with E-state index in [2.05, 4.69) is 5.32 Å². The highest BCUT2D eigenvalue weighted by atomic mass is 35.5. The molecule has 0 aliphatic carbocycles. The van der Waals surface area contributed by atoms with E-state index in [0.29, 0.717) is 47.2 Å². The van der Waals surface area contributed by atoms with Crippen LogP contribution in [0.2, 0.25) is 5.02 Å². The van der Waals surface area contributed by atoms with E-state index in [9.17, 15) is 15.0 Å². The number of nitrogens with zero attached hydrogens (tertiary/aromatic N) is 1. The summed E-state index contributed by atoms with van der Waals surface area (Å²) in [6, 6.07) is 23.9. The molecule has 1 aliphatic rings. The van der Waals surface area contributed by atoms with Gasteiger partial charge in [-0.25, -0.2) is 0 Å². The number of fused-ring (bicyclic) bond motifs is 2. The van der Waals surface area contributed by atoms with E-state index < -0.39 is 18.1 Å². The lowest BCUT2D eigenvalue weighted by atomic mass is 9.89. The number of nitrogens with one attached hydrogen (secondary N) is 1. The van der Waals surface area contributed by atoms with Crippen molar-refractivity contribution < 1.29 is 24.5 Å². The maximum absolute atomic E-state index is 13.9. The summed E-state index contributed by atoms with van der Waals surface area (Å²) < 4.78 is 10.9. The van der Waals surface area contributed by atoms with Crippen LogP contribution in [-0.2, 0) is 11.2 Å². The van der Waals surface area contributed by atoms with Crippen molar-refractivity contribution in [1.82, 2.24) is 0 Å². The molecule has 1 amide bonds. The number of aliphatic hydroxyl groups excluding tert-OH is 2. The third kappa shape index (κ3) is 5.69. The van der Waals surface area contributed by atoms with Gasteiger partial charge in [-0.3, -0.25) is 4.79 Å². The molecular formula is C33H33ClN2O5. The summed E-state index contributed by atoms with van der Waals surface area (Å²) in [7, 11) is 3.03. The third-order valence-electron chi connectivity index (χ3n) is 7.36. The Kier molecular flexibility index (Phi) is 8.38. The number of ether oxygens (including phenoxy) is 2. The lowest BCUT2D eigenvalue weighted by Gasteiger charge is -2.35. The van der Waals surface area contributed by atoms with Gasteiger partial charge in [0.25, 0.3) is 5.91 Å². The molecule has 0 aromatic heterocycles. The topological polar surface area (TPSA) is 91.3 Å². The molecule has 0 radical (unpaired) electrons. The van der Waals surface area contributed by atoms with E-state index in [1.54, 1.807) is 29.2 Å². The Morgan fingerprint density at radius 1 is 0.976 bits per heavy atom. The lowest BCUT2D eigenvalue weighted by Crippen LogP contribution is -2.41. The van der Waals surface area contributed by atoms with Gasteiger partial charge >= 0.3 is 0 Å². The second kappa shape index (κ2) is 12.1. The van der Waals surface area contributed by atoms with E-state index in [0.717, 1.165) is 22.0 Å². The maximum Gasteiger partial charge on any atom is 0.260 e. The van der Waals surface area contributed by atoms with Gasteiger partial charge < -0.3 is 29.9 Å². The van der Waals surface area contributed by atoms with Crippen molar-refractivity contribution in [2.75, 3.05) is 31.0 Å². The minimum atomic E-state index is -1.38. The molecule has 5 rings (SSSR count). The smallest absolute Gasteiger partial charge is 0.260 e. The van der Waals surface area contributed by atoms with Gasteiger partial charge in [-0.1, -0.05) is 61.0 Å². The zero-order valence-corrected chi connectivity index (χ0v) is 24.0. The van der Waals surface area contributed by atoms with Crippen molar-refractivity contribution in [3.05, 3.63) is 106 Å². The number of hydrogen-bond acceptors (Lipinski definition) is 6. The molecular weight excluding hydrogens is 540 g/mol. The predicted molar refractivity (Wildman–Crippen MR) is 163 cm³/mol. The average Bonchev–Trinajstić information content (AvgIpc) is 2.99. The summed E-state index contributed by atoms with van der Waals surface area (Å²) in [5.41, 5.74) is 2.56. The van der Waals surface area contributed by atoms with Crippen LogP contribution < -0.4 is 19.7 Å². The molecule has 4 aromatic rings. The van der Waals surface area contributed by atoms with Crippen molar-refractivity contribution in [1.29, 1.82) is 0 Å². The standard InChI is InChI=1S/C33H33ClN2O5/c1-4-15-36-27-19-29(41-3)28(40-2)18-25(27)31(37)30(33(36)39)32(38)26(16-20-9-12-23(34)13-10-20)35-24-14-11-21-7-5-6-8-22(21)17-24/h5-14,17-19,26,31,35,37-38H,4,15-16H2,1-3H3. The van der Waals surface area contributed by atoms with E-state index >= 15 is 0 Å². The van der Waals surface area contributed by atoms with Gasteiger partial charge in [-0.15, -0.1) is 0 Å². The number of halogens is 1. The Morgan fingerprint density at radius 3 is 2.34 bits per heavy atom. The fourth-order valence-corrected chi connectivity index (χ4v) is 5.43. The van der Waals surface area contributed by atoms with Gasteiger partial charge in [0.2, 0.25) is 0 Å². The molecule has 41 heavy (non-hydrogen) atoms. The normalized spacial score (nSPS) is 16.8. The zero-order chi connectivity index (χ0) is 29.1. The van der Waals surface area contributed by atoms with Gasteiger partial charge in [0.1, 0.15) is 11.9 Å². The molecule has 1 aliphatic heterocycles. The molecule has 1 heterocycles. The Bertz CT molecular complexity index is 1600. The molecule has 0 saturated carbocycles. The zero-order valence-electron chi connectivity index (χ0n) is 23.2. The Morgan fingerprint density at radius 2 is 1.66 bits per heavy atom. The first-order chi connectivity index (χ1) is 19.8. The Labute approximate surface area is 244 Å². The first-order valence-corrected chi connectivity index (χ1v) is 13.9. The van der Waals surface area contributed by atoms with E-state index in [4.69, 9.17) is 21.1 Å². The quantitative estimate of drug-likeness (QED) is 0.150. The van der Waals surface area contributed by atoms with Crippen LogP contribution in [0, 0.1) is 0 Å². The summed E-state index contributed by atoms with van der Waals surface area (Å²) in [4.78, 5) is 15.5. The lowest BCUT2D eigenvalue weighted by molar-refractivity contribution is -0.116. The van der Waals surface area contributed by atoms with Crippen LogP contribution >= 0.6 is 11.6 Å². The summed E-state index contributed by atoms with van der Waals surface area (Å²) in [6.07, 6.45) is -0.365. The molecule has 0 fully saturated rings. The van der Waals surface area contributed by atoms with Crippen molar-refractivity contribution in [3.63, 3.8) is 0 Å². The fraction of sp³-hybridized carbons (Fsp3) is 0.242. The first-order valence-electron chi connectivity index (χ1n) is 13.5. The number of aliphatic hydroxyl groups is 2. The predicted octanol–water partition coefficient (Wildman–Crippen LogP) is 6.84. The van der Waals surface area contributed by atoms with Crippen LogP contribution in [0.4, 0.5) is 11.4 Å². The molecule has 3 N–H and O–H groups in total. The number of amides is 1. The summed E-state index contributed by atoms with van der Waals surface area (Å²) >= 11 is 6.12. The van der Waals surface area contributed by atoms with E-state index in [1.807, 2.05) is 61.5 Å². The van der Waals surface area contributed by atoms with E-state index in [1.165, 1.54) is 14.2 Å². The van der Waals surface area contributed by atoms with Crippen molar-refractivity contribution in [2.45, 2.75) is 31.9 Å². The highest BCUT2D eigenvalue weighted by Crippen LogP contribution is 2.45. The van der Waals surface area contributed by atoms with Crippen LogP contribution in [0.5, 0.6) is 11.5 Å². The maximum atomic E-state index is 13.9. The van der Waals surface area contributed by atoms with Crippen LogP contribution in [0.1, 0.15) is 30.6 Å². The first kappa shape index (κ1) is 28.3. The van der Waals surface area contributed by atoms with Crippen molar-refractivity contribution >= 4 is 39.7 Å². The minimum Gasteiger partial charge on any atom is -0.509 e. The number of carbonyl (C=O) groups is 1. The summed E-state index contributed by atoms with van der Waals surface area (Å²) in [6.45, 7) is 2.36. The van der Waals surface area contributed by atoms with Gasteiger partial charge in [-0.2, -0.15) is 0 Å². The Hall–Kier alpha value is -4.20. The minimum absolute atomic E-state index is 0.0783.